The highest BCUT2D eigenvalue weighted by Crippen LogP contribution is 2.44. The van der Waals surface area contributed by atoms with Crippen molar-refractivity contribution in [2.45, 2.75) is 39.0 Å². The van der Waals surface area contributed by atoms with Crippen LogP contribution in [0.25, 0.3) is 39.2 Å². The van der Waals surface area contributed by atoms with Crippen LogP contribution < -0.4 is 5.43 Å². The number of benzene rings is 3. The highest BCUT2D eigenvalue weighted by atomic mass is 16.2. The fourth-order valence-corrected chi connectivity index (χ4v) is 5.51. The van der Waals surface area contributed by atoms with Crippen LogP contribution in [0.5, 0.6) is 0 Å². The highest BCUT2D eigenvalue weighted by Gasteiger charge is 2.32. The number of aryl methyl sites for hydroxylation is 1. The number of aromatic amines is 1. The standard InChI is InChI=1S/C29H26N8O/c1-16-15-25(38)31-32-26(16)19-13-14-24-27(17(19)2)30-29(18-11-12-18)37(24)23-10-6-5-8-21(23)20-7-3-4-9-22(20)28-33-35-36-34-28/h3-10,13-14,16,18H,11-12,15H2,1-2H3,(H,31,38)(H,33,34,35,36). The van der Waals surface area contributed by atoms with Crippen molar-refractivity contribution >= 4 is 22.7 Å². The molecule has 1 unspecified atom stereocenters. The second-order valence-corrected chi connectivity index (χ2v) is 10.1. The minimum atomic E-state index is -0.0433. The highest BCUT2D eigenvalue weighted by molar-refractivity contribution is 6.09. The van der Waals surface area contributed by atoms with E-state index in [1.807, 2.05) is 25.1 Å². The lowest BCUT2D eigenvalue weighted by Gasteiger charge is -2.21. The molecule has 0 radical (unpaired) electrons. The predicted octanol–water partition coefficient (Wildman–Crippen LogP) is 4.92. The zero-order valence-electron chi connectivity index (χ0n) is 21.1. The van der Waals surface area contributed by atoms with Gasteiger partial charge < -0.3 is 0 Å². The SMILES string of the molecule is Cc1c(C2=NNC(=O)CC2C)ccc2c1nc(C1CC1)n2-c1ccccc1-c1ccccc1-c1nnn[nH]1. The maximum atomic E-state index is 11.8. The van der Waals surface area contributed by atoms with Crippen LogP contribution in [0.4, 0.5) is 0 Å². The molecule has 1 aliphatic carbocycles. The molecule has 9 heteroatoms. The molecule has 5 aromatic rings. The number of hydrogen-bond donors (Lipinski definition) is 2. The number of H-pyrrole nitrogens is 1. The molecule has 1 aliphatic heterocycles. The fourth-order valence-electron chi connectivity index (χ4n) is 5.51. The molecule has 1 fully saturated rings. The van der Waals surface area contributed by atoms with Crippen LogP contribution in [-0.4, -0.2) is 41.8 Å². The molecule has 0 saturated heterocycles. The van der Waals surface area contributed by atoms with E-state index in [1.54, 1.807) is 0 Å². The summed E-state index contributed by atoms with van der Waals surface area (Å²) in [4.78, 5) is 17.1. The number of carbonyl (C=O) groups excluding carboxylic acids is 1. The first kappa shape index (κ1) is 22.5. The lowest BCUT2D eigenvalue weighted by Crippen LogP contribution is -2.32. The largest absolute Gasteiger partial charge is 0.295 e. The normalized spacial score (nSPS) is 17.5. The molecular formula is C29H26N8O. The van der Waals surface area contributed by atoms with Crippen molar-refractivity contribution in [3.63, 3.8) is 0 Å². The monoisotopic (exact) mass is 502 g/mol. The molecule has 1 atom stereocenters. The maximum Gasteiger partial charge on any atom is 0.240 e. The van der Waals surface area contributed by atoms with Crippen LogP contribution >= 0.6 is 0 Å². The third kappa shape index (κ3) is 3.61. The van der Waals surface area contributed by atoms with E-state index in [0.717, 1.165) is 68.9 Å². The lowest BCUT2D eigenvalue weighted by atomic mass is 9.91. The number of imidazole rings is 1. The van der Waals surface area contributed by atoms with Crippen LogP contribution in [0.3, 0.4) is 0 Å². The van der Waals surface area contributed by atoms with E-state index in [1.165, 1.54) is 0 Å². The van der Waals surface area contributed by atoms with Crippen molar-refractivity contribution in [3.8, 4) is 28.2 Å². The van der Waals surface area contributed by atoms with Crippen LogP contribution in [0.2, 0.25) is 0 Å². The third-order valence-corrected chi connectivity index (χ3v) is 7.55. The van der Waals surface area contributed by atoms with E-state index in [0.29, 0.717) is 18.2 Å². The predicted molar refractivity (Wildman–Crippen MR) is 145 cm³/mol. The molecule has 7 rings (SSSR count). The first-order chi connectivity index (χ1) is 18.6. The van der Waals surface area contributed by atoms with Gasteiger partial charge in [-0.25, -0.2) is 15.5 Å². The van der Waals surface area contributed by atoms with Crippen LogP contribution in [0.1, 0.15) is 49.1 Å². The molecule has 38 heavy (non-hydrogen) atoms. The number of carbonyl (C=O) groups is 1. The van der Waals surface area contributed by atoms with Crippen molar-refractivity contribution in [1.29, 1.82) is 0 Å². The van der Waals surface area contributed by atoms with Gasteiger partial charge in [0.1, 0.15) is 5.82 Å². The van der Waals surface area contributed by atoms with Crippen molar-refractivity contribution in [2.75, 3.05) is 0 Å². The number of hydrazone groups is 1. The average molecular weight is 503 g/mol. The summed E-state index contributed by atoms with van der Waals surface area (Å²) in [6.45, 7) is 4.16. The number of fused-ring (bicyclic) bond motifs is 1. The quantitative estimate of drug-likeness (QED) is 0.354. The lowest BCUT2D eigenvalue weighted by molar-refractivity contribution is -0.121. The van der Waals surface area contributed by atoms with Gasteiger partial charge in [-0.2, -0.15) is 5.10 Å². The number of aromatic nitrogens is 6. The van der Waals surface area contributed by atoms with Gasteiger partial charge in [0.25, 0.3) is 0 Å². The Hall–Kier alpha value is -4.66. The summed E-state index contributed by atoms with van der Waals surface area (Å²) in [6.07, 6.45) is 2.70. The summed E-state index contributed by atoms with van der Waals surface area (Å²) in [6, 6.07) is 20.9. The number of tetrazole rings is 1. The minimum absolute atomic E-state index is 0.0433. The Morgan fingerprint density at radius 2 is 1.68 bits per heavy atom. The molecule has 2 aliphatic rings. The van der Waals surface area contributed by atoms with Gasteiger partial charge >= 0.3 is 0 Å². The Balaban J connectivity index is 1.44. The van der Waals surface area contributed by atoms with Crippen molar-refractivity contribution in [2.24, 2.45) is 11.0 Å². The number of amides is 1. The molecule has 1 saturated carbocycles. The molecular weight excluding hydrogens is 476 g/mol. The number of para-hydroxylation sites is 1. The van der Waals surface area contributed by atoms with Crippen LogP contribution in [-0.2, 0) is 4.79 Å². The summed E-state index contributed by atoms with van der Waals surface area (Å²) in [7, 11) is 0. The van der Waals surface area contributed by atoms with Gasteiger partial charge in [-0.1, -0.05) is 55.5 Å². The molecule has 3 aromatic carbocycles. The smallest absolute Gasteiger partial charge is 0.240 e. The summed E-state index contributed by atoms with van der Waals surface area (Å²) < 4.78 is 2.32. The molecule has 0 bridgehead atoms. The molecule has 0 spiro atoms. The van der Waals surface area contributed by atoms with Gasteiger partial charge in [0.15, 0.2) is 5.82 Å². The number of nitrogens with one attached hydrogen (secondary N) is 2. The second-order valence-electron chi connectivity index (χ2n) is 10.1. The Kier molecular flexibility index (Phi) is 5.17. The third-order valence-electron chi connectivity index (χ3n) is 7.55. The Labute approximate surface area is 219 Å². The first-order valence-electron chi connectivity index (χ1n) is 12.9. The molecule has 9 nitrogen and oxygen atoms in total. The van der Waals surface area contributed by atoms with E-state index in [-0.39, 0.29) is 11.8 Å². The molecule has 2 N–H and O–H groups in total. The second kappa shape index (κ2) is 8.72. The molecule has 2 aromatic heterocycles. The van der Waals surface area contributed by atoms with Gasteiger partial charge in [-0.3, -0.25) is 9.36 Å². The Morgan fingerprint density at radius 1 is 0.921 bits per heavy atom. The van der Waals surface area contributed by atoms with Crippen molar-refractivity contribution in [3.05, 3.63) is 77.6 Å². The summed E-state index contributed by atoms with van der Waals surface area (Å²) in [5.41, 5.74) is 11.8. The summed E-state index contributed by atoms with van der Waals surface area (Å²) >= 11 is 0. The average Bonchev–Trinajstić information content (AvgIpc) is 3.48. The molecule has 3 heterocycles. The molecule has 188 valence electrons. The van der Waals surface area contributed by atoms with Crippen LogP contribution in [0.15, 0.2) is 65.8 Å². The topological polar surface area (TPSA) is 114 Å². The number of hydrogen-bond acceptors (Lipinski definition) is 6. The van der Waals surface area contributed by atoms with Gasteiger partial charge in [0.05, 0.1) is 22.4 Å². The summed E-state index contributed by atoms with van der Waals surface area (Å²) in [5.74, 6) is 2.14. The van der Waals surface area contributed by atoms with Crippen molar-refractivity contribution in [1.82, 2.24) is 35.6 Å². The number of nitrogens with zero attached hydrogens (tertiary/aromatic N) is 6. The van der Waals surface area contributed by atoms with E-state index in [4.69, 9.17) is 4.98 Å². The first-order valence-corrected chi connectivity index (χ1v) is 12.9. The van der Waals surface area contributed by atoms with E-state index < -0.39 is 0 Å². The fraction of sp³-hybridized carbons (Fsp3) is 0.241. The molecule has 1 amide bonds. The number of rotatable bonds is 5. The minimum Gasteiger partial charge on any atom is -0.295 e. The van der Waals surface area contributed by atoms with E-state index in [2.05, 4.69) is 85.1 Å². The van der Waals surface area contributed by atoms with Gasteiger partial charge in [-0.15, -0.1) is 5.10 Å². The summed E-state index contributed by atoms with van der Waals surface area (Å²) in [5, 5.41) is 19.1. The Morgan fingerprint density at radius 3 is 2.42 bits per heavy atom. The van der Waals surface area contributed by atoms with Crippen molar-refractivity contribution < 1.29 is 4.79 Å². The Bertz CT molecular complexity index is 1730. The van der Waals surface area contributed by atoms with Gasteiger partial charge in [0, 0.05) is 34.9 Å². The van der Waals surface area contributed by atoms with Gasteiger partial charge in [0.2, 0.25) is 5.91 Å². The van der Waals surface area contributed by atoms with Crippen LogP contribution in [0, 0.1) is 12.8 Å². The zero-order valence-corrected chi connectivity index (χ0v) is 21.1. The zero-order chi connectivity index (χ0) is 25.8. The maximum absolute atomic E-state index is 11.8. The van der Waals surface area contributed by atoms with Gasteiger partial charge in [-0.05, 0) is 53.5 Å². The van der Waals surface area contributed by atoms with E-state index in [9.17, 15) is 4.79 Å². The van der Waals surface area contributed by atoms with E-state index >= 15 is 0 Å².